The van der Waals surface area contributed by atoms with Gasteiger partial charge in [0, 0.05) is 0 Å². The fourth-order valence-corrected chi connectivity index (χ4v) is 2.31. The van der Waals surface area contributed by atoms with Crippen LogP contribution in [-0.4, -0.2) is 20.2 Å². The van der Waals surface area contributed by atoms with E-state index in [1.807, 2.05) is 19.9 Å². The molecule has 0 saturated heterocycles. The summed E-state index contributed by atoms with van der Waals surface area (Å²) in [6.07, 6.45) is 0. The first-order chi connectivity index (χ1) is 9.04. The number of phenolic OH excluding ortho intramolecular Hbond substituents is 2. The van der Waals surface area contributed by atoms with Gasteiger partial charge in [0.25, 0.3) is 0 Å². The van der Waals surface area contributed by atoms with Crippen LogP contribution in [-0.2, 0) is 0 Å². The van der Waals surface area contributed by atoms with E-state index < -0.39 is 0 Å². The Labute approximate surface area is 110 Å². The topological polar surface area (TPSA) is 69.1 Å². The summed E-state index contributed by atoms with van der Waals surface area (Å²) < 4.78 is 0. The first kappa shape index (κ1) is 11.6. The van der Waals surface area contributed by atoms with E-state index in [1.54, 1.807) is 0 Å². The molecular formula is C15H14N2O2. The summed E-state index contributed by atoms with van der Waals surface area (Å²) in [5.41, 5.74) is 4.53. The monoisotopic (exact) mass is 254 g/mol. The third-order valence-electron chi connectivity index (χ3n) is 3.16. The summed E-state index contributed by atoms with van der Waals surface area (Å²) in [5.74, 6) is 0.740. The Hall–Kier alpha value is -2.49. The van der Waals surface area contributed by atoms with Crippen molar-refractivity contribution < 1.29 is 10.2 Å². The first-order valence-corrected chi connectivity index (χ1v) is 6.04. The minimum absolute atomic E-state index is 0.0891. The van der Waals surface area contributed by atoms with Crippen molar-refractivity contribution in [3.05, 3.63) is 41.5 Å². The second-order valence-electron chi connectivity index (χ2n) is 4.76. The van der Waals surface area contributed by atoms with Crippen molar-refractivity contribution in [1.29, 1.82) is 0 Å². The molecule has 96 valence electrons. The molecule has 1 heterocycles. The number of hydrogen-bond acceptors (Lipinski definition) is 3. The summed E-state index contributed by atoms with van der Waals surface area (Å²) in [6.45, 7) is 4.03. The van der Waals surface area contributed by atoms with Crippen molar-refractivity contribution in [2.75, 3.05) is 0 Å². The normalized spacial score (nSPS) is 11.1. The number of benzene rings is 2. The lowest BCUT2D eigenvalue weighted by atomic mass is 10.1. The molecule has 3 aromatic rings. The number of fused-ring (bicyclic) bond motifs is 1. The summed E-state index contributed by atoms with van der Waals surface area (Å²) in [4.78, 5) is 7.68. The van der Waals surface area contributed by atoms with Crippen molar-refractivity contribution in [2.45, 2.75) is 13.8 Å². The predicted octanol–water partition coefficient (Wildman–Crippen LogP) is 3.26. The molecular weight excluding hydrogens is 240 g/mol. The standard InChI is InChI=1S/C15H14N2O2/c1-8-5-9(2)14-12(6-8)16-15(17-14)11-7-10(18)3-4-13(11)19/h3-7,18-19H,1-2H3,(H,16,17). The van der Waals surface area contributed by atoms with Gasteiger partial charge in [0.2, 0.25) is 0 Å². The molecule has 3 rings (SSSR count). The lowest BCUT2D eigenvalue weighted by Gasteiger charge is -2.01. The average Bonchev–Trinajstić information content (AvgIpc) is 2.76. The lowest BCUT2D eigenvalue weighted by Crippen LogP contribution is -1.81. The van der Waals surface area contributed by atoms with Gasteiger partial charge < -0.3 is 15.2 Å². The van der Waals surface area contributed by atoms with Crippen LogP contribution in [0.4, 0.5) is 0 Å². The second kappa shape index (κ2) is 4.02. The number of phenols is 2. The minimum atomic E-state index is 0.0891. The molecule has 0 aliphatic heterocycles. The van der Waals surface area contributed by atoms with Crippen molar-refractivity contribution in [3.63, 3.8) is 0 Å². The lowest BCUT2D eigenvalue weighted by molar-refractivity contribution is 0.461. The molecule has 0 fully saturated rings. The van der Waals surface area contributed by atoms with E-state index in [2.05, 4.69) is 16.0 Å². The number of aryl methyl sites for hydroxylation is 2. The van der Waals surface area contributed by atoms with Gasteiger partial charge in [-0.3, -0.25) is 0 Å². The fraction of sp³-hybridized carbons (Fsp3) is 0.133. The van der Waals surface area contributed by atoms with E-state index in [1.165, 1.54) is 18.2 Å². The quantitative estimate of drug-likeness (QED) is 0.584. The van der Waals surface area contributed by atoms with Gasteiger partial charge in [0.1, 0.15) is 17.3 Å². The Kier molecular flexibility index (Phi) is 2.45. The molecule has 0 aliphatic rings. The molecule has 0 aliphatic carbocycles. The third-order valence-corrected chi connectivity index (χ3v) is 3.16. The SMILES string of the molecule is Cc1cc(C)c2nc(-c3cc(O)ccc3O)[nH]c2c1. The predicted molar refractivity (Wildman–Crippen MR) is 74.3 cm³/mol. The number of aromatic amines is 1. The molecule has 0 spiro atoms. The van der Waals surface area contributed by atoms with E-state index in [4.69, 9.17) is 0 Å². The number of rotatable bonds is 1. The molecule has 1 aromatic heterocycles. The van der Waals surface area contributed by atoms with Gasteiger partial charge >= 0.3 is 0 Å². The zero-order valence-corrected chi connectivity index (χ0v) is 10.7. The molecule has 0 unspecified atom stereocenters. The van der Waals surface area contributed by atoms with Crippen LogP contribution in [0.15, 0.2) is 30.3 Å². The molecule has 3 N–H and O–H groups in total. The summed E-state index contributed by atoms with van der Waals surface area (Å²) >= 11 is 0. The molecule has 0 radical (unpaired) electrons. The van der Waals surface area contributed by atoms with Crippen molar-refractivity contribution >= 4 is 11.0 Å². The fourth-order valence-electron chi connectivity index (χ4n) is 2.31. The summed E-state index contributed by atoms with van der Waals surface area (Å²) in [7, 11) is 0. The minimum Gasteiger partial charge on any atom is -0.508 e. The Morgan fingerprint density at radius 1 is 1.05 bits per heavy atom. The molecule has 0 atom stereocenters. The van der Waals surface area contributed by atoms with Gasteiger partial charge in [-0.05, 0) is 49.2 Å². The third kappa shape index (κ3) is 1.91. The van der Waals surface area contributed by atoms with Crippen LogP contribution >= 0.6 is 0 Å². The summed E-state index contributed by atoms with van der Waals surface area (Å²) in [6, 6.07) is 8.47. The van der Waals surface area contributed by atoms with Crippen molar-refractivity contribution in [1.82, 2.24) is 9.97 Å². The number of aromatic hydroxyl groups is 2. The number of nitrogens with one attached hydrogen (secondary N) is 1. The van der Waals surface area contributed by atoms with Gasteiger partial charge in [-0.1, -0.05) is 6.07 Å². The zero-order valence-electron chi connectivity index (χ0n) is 10.7. The van der Waals surface area contributed by atoms with Gasteiger partial charge in [0.05, 0.1) is 16.6 Å². The van der Waals surface area contributed by atoms with Gasteiger partial charge in [-0.15, -0.1) is 0 Å². The molecule has 0 amide bonds. The smallest absolute Gasteiger partial charge is 0.142 e. The van der Waals surface area contributed by atoms with Gasteiger partial charge in [-0.25, -0.2) is 4.98 Å². The highest BCUT2D eigenvalue weighted by atomic mass is 16.3. The Bertz CT molecular complexity index is 775. The van der Waals surface area contributed by atoms with Crippen LogP contribution in [0.3, 0.4) is 0 Å². The van der Waals surface area contributed by atoms with E-state index in [0.717, 1.165) is 22.2 Å². The highest BCUT2D eigenvalue weighted by Gasteiger charge is 2.12. The molecule has 4 nitrogen and oxygen atoms in total. The molecule has 0 saturated carbocycles. The van der Waals surface area contributed by atoms with Crippen LogP contribution < -0.4 is 0 Å². The summed E-state index contributed by atoms with van der Waals surface area (Å²) in [5, 5.41) is 19.4. The molecule has 4 heteroatoms. The maximum atomic E-state index is 9.87. The highest BCUT2D eigenvalue weighted by molar-refractivity contribution is 5.84. The van der Waals surface area contributed by atoms with Crippen LogP contribution in [0.5, 0.6) is 11.5 Å². The number of imidazole rings is 1. The Morgan fingerprint density at radius 2 is 1.84 bits per heavy atom. The van der Waals surface area contributed by atoms with Crippen LogP contribution in [0.25, 0.3) is 22.4 Å². The van der Waals surface area contributed by atoms with E-state index in [-0.39, 0.29) is 11.5 Å². The molecule has 19 heavy (non-hydrogen) atoms. The maximum Gasteiger partial charge on any atom is 0.142 e. The molecule has 2 aromatic carbocycles. The second-order valence-corrected chi connectivity index (χ2v) is 4.76. The highest BCUT2D eigenvalue weighted by Crippen LogP contribution is 2.32. The maximum absolute atomic E-state index is 9.87. The largest absolute Gasteiger partial charge is 0.508 e. The van der Waals surface area contributed by atoms with E-state index in [9.17, 15) is 10.2 Å². The zero-order chi connectivity index (χ0) is 13.6. The van der Waals surface area contributed by atoms with Crippen molar-refractivity contribution in [3.8, 4) is 22.9 Å². The van der Waals surface area contributed by atoms with E-state index in [0.29, 0.717) is 11.4 Å². The molecule has 0 bridgehead atoms. The Balaban J connectivity index is 2.26. The van der Waals surface area contributed by atoms with Crippen molar-refractivity contribution in [2.24, 2.45) is 0 Å². The number of hydrogen-bond donors (Lipinski definition) is 3. The first-order valence-electron chi connectivity index (χ1n) is 6.04. The number of H-pyrrole nitrogens is 1. The number of aromatic nitrogens is 2. The average molecular weight is 254 g/mol. The van der Waals surface area contributed by atoms with Crippen LogP contribution in [0.2, 0.25) is 0 Å². The number of nitrogens with zero attached hydrogens (tertiary/aromatic N) is 1. The Morgan fingerprint density at radius 3 is 2.63 bits per heavy atom. The van der Waals surface area contributed by atoms with Gasteiger partial charge in [0.15, 0.2) is 0 Å². The van der Waals surface area contributed by atoms with Crippen LogP contribution in [0, 0.1) is 13.8 Å². The van der Waals surface area contributed by atoms with Crippen LogP contribution in [0.1, 0.15) is 11.1 Å². The van der Waals surface area contributed by atoms with Gasteiger partial charge in [-0.2, -0.15) is 0 Å². The van der Waals surface area contributed by atoms with E-state index >= 15 is 0 Å².